The van der Waals surface area contributed by atoms with Crippen molar-refractivity contribution in [1.82, 2.24) is 10.6 Å². The van der Waals surface area contributed by atoms with E-state index in [4.69, 9.17) is 0 Å². The molecule has 0 aromatic carbocycles. The monoisotopic (exact) mass is 308 g/mol. The van der Waals surface area contributed by atoms with Crippen molar-refractivity contribution in [2.45, 2.75) is 64.0 Å². The molecule has 2 aliphatic carbocycles. The number of carbonyl (C=O) groups is 2. The van der Waals surface area contributed by atoms with Gasteiger partial charge in [0.15, 0.2) is 0 Å². The van der Waals surface area contributed by atoms with E-state index < -0.39 is 5.92 Å². The summed E-state index contributed by atoms with van der Waals surface area (Å²) in [6.45, 7) is 3.96. The predicted molar refractivity (Wildman–Crippen MR) is 82.9 cm³/mol. The van der Waals surface area contributed by atoms with E-state index in [1.807, 2.05) is 6.92 Å². The fourth-order valence-corrected chi connectivity index (χ4v) is 5.00. The van der Waals surface area contributed by atoms with Crippen LogP contribution in [0.25, 0.3) is 0 Å². The molecular weight excluding hydrogens is 280 g/mol. The van der Waals surface area contributed by atoms with Crippen molar-refractivity contribution in [3.63, 3.8) is 0 Å². The third kappa shape index (κ3) is 2.75. The standard InChI is InChI=1S/C17H28N2O3/c1-10-6-12-4-3-5-17(7-10,8-12)19-15(21)11(2)14-13(9-20)16(22)18-14/h10-14,20H,3-9H2,1-2H3,(H,18,22)(H,19,21)/t10?,11-,12?,13-,14-,17?/m1/s1. The van der Waals surface area contributed by atoms with Crippen LogP contribution in [-0.4, -0.2) is 35.1 Å². The number of nitrogens with one attached hydrogen (secondary N) is 2. The van der Waals surface area contributed by atoms with Gasteiger partial charge in [-0.2, -0.15) is 0 Å². The van der Waals surface area contributed by atoms with Crippen LogP contribution in [-0.2, 0) is 9.59 Å². The minimum absolute atomic E-state index is 0.0261. The average Bonchev–Trinajstić information content (AvgIpc) is 2.43. The van der Waals surface area contributed by atoms with Crippen LogP contribution in [0.15, 0.2) is 0 Å². The number of rotatable bonds is 4. The lowest BCUT2D eigenvalue weighted by Gasteiger charge is -2.49. The largest absolute Gasteiger partial charge is 0.395 e. The van der Waals surface area contributed by atoms with Crippen LogP contribution in [0.4, 0.5) is 0 Å². The number of hydrogen-bond acceptors (Lipinski definition) is 3. The van der Waals surface area contributed by atoms with Gasteiger partial charge in [-0.05, 0) is 37.5 Å². The highest BCUT2D eigenvalue weighted by atomic mass is 16.3. The number of aliphatic hydroxyl groups is 1. The van der Waals surface area contributed by atoms with Gasteiger partial charge in [0.2, 0.25) is 11.8 Å². The van der Waals surface area contributed by atoms with Crippen molar-refractivity contribution in [3.8, 4) is 0 Å². The Labute approximate surface area is 132 Å². The Bertz CT molecular complexity index is 463. The van der Waals surface area contributed by atoms with Crippen LogP contribution >= 0.6 is 0 Å². The summed E-state index contributed by atoms with van der Waals surface area (Å²) in [4.78, 5) is 24.1. The lowest BCUT2D eigenvalue weighted by molar-refractivity contribution is -0.142. The molecule has 6 atom stereocenters. The molecule has 2 bridgehead atoms. The number of fused-ring (bicyclic) bond motifs is 2. The Morgan fingerprint density at radius 3 is 2.95 bits per heavy atom. The summed E-state index contributed by atoms with van der Waals surface area (Å²) in [5.41, 5.74) is -0.0333. The summed E-state index contributed by atoms with van der Waals surface area (Å²) in [7, 11) is 0. The fourth-order valence-electron chi connectivity index (χ4n) is 5.00. The van der Waals surface area contributed by atoms with Gasteiger partial charge in [0.05, 0.1) is 24.5 Å². The van der Waals surface area contributed by atoms with Crippen molar-refractivity contribution in [2.75, 3.05) is 6.61 Å². The van der Waals surface area contributed by atoms with Crippen LogP contribution in [0, 0.1) is 23.7 Å². The molecule has 3 aliphatic rings. The van der Waals surface area contributed by atoms with Gasteiger partial charge in [0, 0.05) is 5.54 Å². The van der Waals surface area contributed by atoms with E-state index in [9.17, 15) is 14.7 Å². The third-order valence-corrected chi connectivity index (χ3v) is 6.04. The Morgan fingerprint density at radius 1 is 1.50 bits per heavy atom. The molecule has 1 aliphatic heterocycles. The molecule has 0 radical (unpaired) electrons. The lowest BCUT2D eigenvalue weighted by Crippen LogP contribution is -2.66. The van der Waals surface area contributed by atoms with E-state index in [-0.39, 0.29) is 35.9 Å². The van der Waals surface area contributed by atoms with Gasteiger partial charge in [0.1, 0.15) is 0 Å². The first-order chi connectivity index (χ1) is 10.4. The number of amides is 2. The Morgan fingerprint density at radius 2 is 2.27 bits per heavy atom. The molecule has 1 saturated heterocycles. The van der Waals surface area contributed by atoms with Gasteiger partial charge < -0.3 is 15.7 Å². The summed E-state index contributed by atoms with van der Waals surface area (Å²) < 4.78 is 0. The molecule has 22 heavy (non-hydrogen) atoms. The Hall–Kier alpha value is -1.10. The Balaban J connectivity index is 1.64. The zero-order valence-corrected chi connectivity index (χ0v) is 13.6. The SMILES string of the molecule is CC1CC2CCCC(NC(=O)[C@H](C)[C@H]3NC(=O)[C@@H]3CO)(C1)C2. The van der Waals surface area contributed by atoms with Crippen molar-refractivity contribution >= 4 is 11.8 Å². The quantitative estimate of drug-likeness (QED) is 0.683. The number of aliphatic hydroxyl groups excluding tert-OH is 1. The molecular formula is C17H28N2O3. The summed E-state index contributed by atoms with van der Waals surface area (Å²) >= 11 is 0. The molecule has 3 N–H and O–H groups in total. The first-order valence-corrected chi connectivity index (χ1v) is 8.67. The lowest BCUT2D eigenvalue weighted by atomic mass is 9.63. The fraction of sp³-hybridized carbons (Fsp3) is 0.882. The van der Waals surface area contributed by atoms with Gasteiger partial charge in [-0.15, -0.1) is 0 Å². The molecule has 2 saturated carbocycles. The minimum atomic E-state index is -0.428. The number of hydrogen-bond donors (Lipinski definition) is 3. The van der Waals surface area contributed by atoms with Crippen LogP contribution < -0.4 is 10.6 Å². The molecule has 2 amide bonds. The minimum Gasteiger partial charge on any atom is -0.395 e. The topological polar surface area (TPSA) is 78.4 Å². The third-order valence-electron chi connectivity index (χ3n) is 6.04. The van der Waals surface area contributed by atoms with E-state index in [0.717, 1.165) is 25.2 Å². The highest BCUT2D eigenvalue weighted by molar-refractivity contribution is 5.89. The second-order valence-electron chi connectivity index (χ2n) is 7.89. The first-order valence-electron chi connectivity index (χ1n) is 8.67. The molecule has 3 unspecified atom stereocenters. The van der Waals surface area contributed by atoms with Crippen LogP contribution in [0.2, 0.25) is 0 Å². The first kappa shape index (κ1) is 15.8. The maximum Gasteiger partial charge on any atom is 0.227 e. The highest BCUT2D eigenvalue weighted by Crippen LogP contribution is 2.45. The summed E-state index contributed by atoms with van der Waals surface area (Å²) in [5, 5.41) is 15.4. The van der Waals surface area contributed by atoms with Gasteiger partial charge in [-0.1, -0.05) is 26.7 Å². The van der Waals surface area contributed by atoms with E-state index in [1.54, 1.807) is 0 Å². The van der Waals surface area contributed by atoms with E-state index in [1.165, 1.54) is 19.3 Å². The average molecular weight is 308 g/mol. The summed E-state index contributed by atoms with van der Waals surface area (Å²) in [6.07, 6.45) is 7.04. The second kappa shape index (κ2) is 5.84. The molecule has 5 heteroatoms. The van der Waals surface area contributed by atoms with E-state index >= 15 is 0 Å². The molecule has 0 aromatic heterocycles. The van der Waals surface area contributed by atoms with Gasteiger partial charge >= 0.3 is 0 Å². The van der Waals surface area contributed by atoms with Crippen LogP contribution in [0.1, 0.15) is 52.4 Å². The molecule has 3 rings (SSSR count). The van der Waals surface area contributed by atoms with Crippen molar-refractivity contribution in [3.05, 3.63) is 0 Å². The van der Waals surface area contributed by atoms with Crippen molar-refractivity contribution in [1.29, 1.82) is 0 Å². The molecule has 0 spiro atoms. The molecule has 3 fully saturated rings. The summed E-state index contributed by atoms with van der Waals surface area (Å²) in [6, 6.07) is -0.227. The maximum atomic E-state index is 12.7. The van der Waals surface area contributed by atoms with Gasteiger partial charge in [-0.25, -0.2) is 0 Å². The predicted octanol–water partition coefficient (Wildman–Crippen LogP) is 1.20. The molecule has 5 nitrogen and oxygen atoms in total. The Kier molecular flexibility index (Phi) is 4.19. The van der Waals surface area contributed by atoms with Gasteiger partial charge in [0.25, 0.3) is 0 Å². The number of carbonyl (C=O) groups excluding carboxylic acids is 2. The molecule has 1 heterocycles. The molecule has 0 aromatic rings. The normalized spacial score (nSPS) is 42.0. The second-order valence-corrected chi connectivity index (χ2v) is 7.89. The van der Waals surface area contributed by atoms with Crippen LogP contribution in [0.5, 0.6) is 0 Å². The van der Waals surface area contributed by atoms with E-state index in [2.05, 4.69) is 17.6 Å². The molecule has 124 valence electrons. The smallest absolute Gasteiger partial charge is 0.227 e. The van der Waals surface area contributed by atoms with Gasteiger partial charge in [-0.3, -0.25) is 9.59 Å². The van der Waals surface area contributed by atoms with Crippen molar-refractivity contribution in [2.24, 2.45) is 23.7 Å². The van der Waals surface area contributed by atoms with Crippen LogP contribution in [0.3, 0.4) is 0 Å². The zero-order valence-electron chi connectivity index (χ0n) is 13.6. The van der Waals surface area contributed by atoms with E-state index in [0.29, 0.717) is 5.92 Å². The van der Waals surface area contributed by atoms with Crippen molar-refractivity contribution < 1.29 is 14.7 Å². The zero-order chi connectivity index (χ0) is 15.9. The summed E-state index contributed by atoms with van der Waals surface area (Å²) in [5.74, 6) is 0.585. The maximum absolute atomic E-state index is 12.7. The highest BCUT2D eigenvalue weighted by Gasteiger charge is 2.47. The number of β-lactam (4-membered cyclic amide) rings is 1.